The molecule has 3 heterocycles. The van der Waals surface area contributed by atoms with Gasteiger partial charge in [0, 0.05) is 25.0 Å². The van der Waals surface area contributed by atoms with Gasteiger partial charge in [-0.15, -0.1) is 11.3 Å². The fraction of sp³-hybridized carbons (Fsp3) is 0.385. The minimum Gasteiger partial charge on any atom is -0.392 e. The number of aliphatic hydroxyl groups excluding tert-OH is 1. The third-order valence-electron chi connectivity index (χ3n) is 3.32. The molecule has 1 amide bonds. The van der Waals surface area contributed by atoms with E-state index in [9.17, 15) is 9.90 Å². The molecule has 2 aromatic rings. The van der Waals surface area contributed by atoms with Crippen LogP contribution in [0.1, 0.15) is 21.8 Å². The van der Waals surface area contributed by atoms with E-state index in [4.69, 9.17) is 5.73 Å². The van der Waals surface area contributed by atoms with Gasteiger partial charge in [-0.3, -0.25) is 9.69 Å². The predicted octanol–water partition coefficient (Wildman–Crippen LogP) is 0.962. The Morgan fingerprint density at radius 1 is 1.58 bits per heavy atom. The number of carbonyl (C=O) groups excluding carboxylic acids is 1. The molecule has 5 nitrogen and oxygen atoms in total. The van der Waals surface area contributed by atoms with Gasteiger partial charge in [0.25, 0.3) is 5.91 Å². The van der Waals surface area contributed by atoms with Gasteiger partial charge in [-0.1, -0.05) is 6.07 Å². The van der Waals surface area contributed by atoms with E-state index in [0.717, 1.165) is 35.4 Å². The molecule has 0 radical (unpaired) electrons. The summed E-state index contributed by atoms with van der Waals surface area (Å²) in [4.78, 5) is 19.3. The molecule has 0 spiro atoms. The maximum absolute atomic E-state index is 11.1. The van der Waals surface area contributed by atoms with Crippen molar-refractivity contribution in [3.8, 4) is 0 Å². The second-order valence-corrected chi connectivity index (χ2v) is 5.88. The lowest BCUT2D eigenvalue weighted by Crippen LogP contribution is -2.21. The van der Waals surface area contributed by atoms with Crippen LogP contribution in [-0.2, 0) is 6.54 Å². The number of carbonyl (C=O) groups is 1. The smallest absolute Gasteiger partial charge is 0.258 e. The van der Waals surface area contributed by atoms with Crippen LogP contribution in [0.15, 0.2) is 18.2 Å². The van der Waals surface area contributed by atoms with E-state index in [1.807, 2.05) is 12.1 Å². The summed E-state index contributed by atoms with van der Waals surface area (Å²) in [5, 5.41) is 10.5. The summed E-state index contributed by atoms with van der Waals surface area (Å²) in [5.41, 5.74) is 6.23. The predicted molar refractivity (Wildman–Crippen MR) is 74.0 cm³/mol. The molecule has 1 atom stereocenters. The van der Waals surface area contributed by atoms with Crippen molar-refractivity contribution >= 4 is 27.5 Å². The number of aromatic nitrogens is 1. The van der Waals surface area contributed by atoms with E-state index in [1.165, 1.54) is 11.3 Å². The number of likely N-dealkylation sites (tertiary alicyclic amines) is 1. The molecular weight excluding hydrogens is 262 g/mol. The second kappa shape index (κ2) is 4.88. The Labute approximate surface area is 114 Å². The van der Waals surface area contributed by atoms with Crippen molar-refractivity contribution in [2.45, 2.75) is 19.1 Å². The number of pyridine rings is 1. The van der Waals surface area contributed by atoms with Gasteiger partial charge in [0.2, 0.25) is 0 Å². The first-order valence-electron chi connectivity index (χ1n) is 6.21. The summed E-state index contributed by atoms with van der Waals surface area (Å²) in [6, 6.07) is 5.70. The van der Waals surface area contributed by atoms with Gasteiger partial charge < -0.3 is 10.8 Å². The van der Waals surface area contributed by atoms with Crippen molar-refractivity contribution in [3.05, 3.63) is 28.8 Å². The van der Waals surface area contributed by atoms with Crippen LogP contribution >= 0.6 is 11.3 Å². The highest BCUT2D eigenvalue weighted by Crippen LogP contribution is 2.24. The first-order valence-corrected chi connectivity index (χ1v) is 7.03. The molecule has 1 aliphatic rings. The fourth-order valence-electron chi connectivity index (χ4n) is 2.35. The number of thiophene rings is 1. The number of primary amides is 1. The van der Waals surface area contributed by atoms with Gasteiger partial charge in [0.1, 0.15) is 4.83 Å². The number of β-amino-alcohol motifs (C(OH)–C–C–N with tert-alkyl or cyclic N) is 1. The first-order chi connectivity index (χ1) is 9.11. The normalized spacial score (nSPS) is 20.2. The zero-order chi connectivity index (χ0) is 13.4. The molecule has 3 N–H and O–H groups in total. The SMILES string of the molecule is NC(=O)c1cc2ccc(CN3CCC(O)C3)nc2s1. The van der Waals surface area contributed by atoms with E-state index in [-0.39, 0.29) is 6.10 Å². The van der Waals surface area contributed by atoms with Crippen LogP contribution in [0.2, 0.25) is 0 Å². The molecule has 2 aromatic heterocycles. The van der Waals surface area contributed by atoms with E-state index in [1.54, 1.807) is 6.07 Å². The number of aliphatic hydroxyl groups is 1. The maximum atomic E-state index is 11.1. The van der Waals surface area contributed by atoms with Crippen molar-refractivity contribution in [3.63, 3.8) is 0 Å². The molecule has 1 aliphatic heterocycles. The average molecular weight is 277 g/mol. The number of hydrogen-bond donors (Lipinski definition) is 2. The zero-order valence-electron chi connectivity index (χ0n) is 10.4. The van der Waals surface area contributed by atoms with Crippen molar-refractivity contribution in [1.29, 1.82) is 0 Å². The van der Waals surface area contributed by atoms with Gasteiger partial charge in [-0.25, -0.2) is 4.98 Å². The van der Waals surface area contributed by atoms with E-state index < -0.39 is 5.91 Å². The molecule has 6 heteroatoms. The number of rotatable bonds is 3. The number of amides is 1. The second-order valence-electron chi connectivity index (χ2n) is 4.85. The molecule has 0 aliphatic carbocycles. The average Bonchev–Trinajstić information content (AvgIpc) is 2.95. The number of hydrogen-bond acceptors (Lipinski definition) is 5. The zero-order valence-corrected chi connectivity index (χ0v) is 11.2. The molecule has 100 valence electrons. The molecule has 0 saturated carbocycles. The lowest BCUT2D eigenvalue weighted by Gasteiger charge is -2.13. The van der Waals surface area contributed by atoms with Gasteiger partial charge in [-0.2, -0.15) is 0 Å². The van der Waals surface area contributed by atoms with Crippen LogP contribution in [0.5, 0.6) is 0 Å². The van der Waals surface area contributed by atoms with E-state index in [2.05, 4.69) is 9.88 Å². The monoisotopic (exact) mass is 277 g/mol. The molecule has 0 bridgehead atoms. The quantitative estimate of drug-likeness (QED) is 0.876. The third kappa shape index (κ3) is 2.60. The third-order valence-corrected chi connectivity index (χ3v) is 4.38. The molecule has 0 aromatic carbocycles. The number of nitrogens with two attached hydrogens (primary N) is 1. The highest BCUT2D eigenvalue weighted by Gasteiger charge is 2.20. The van der Waals surface area contributed by atoms with Crippen LogP contribution in [0.4, 0.5) is 0 Å². The standard InChI is InChI=1S/C13H15N3O2S/c14-12(18)11-5-8-1-2-9(15-13(8)19-11)6-16-4-3-10(17)7-16/h1-2,5,10,17H,3-4,6-7H2,(H2,14,18). The van der Waals surface area contributed by atoms with Crippen LogP contribution < -0.4 is 5.73 Å². The Balaban J connectivity index is 1.83. The number of fused-ring (bicyclic) bond motifs is 1. The van der Waals surface area contributed by atoms with Crippen molar-refractivity contribution in [2.24, 2.45) is 5.73 Å². The number of nitrogens with zero attached hydrogens (tertiary/aromatic N) is 2. The summed E-state index contributed by atoms with van der Waals surface area (Å²) in [6.07, 6.45) is 0.611. The van der Waals surface area contributed by atoms with Crippen molar-refractivity contribution in [2.75, 3.05) is 13.1 Å². The Hall–Kier alpha value is -1.50. The largest absolute Gasteiger partial charge is 0.392 e. The van der Waals surface area contributed by atoms with Gasteiger partial charge in [0.05, 0.1) is 16.7 Å². The minimum atomic E-state index is -0.410. The topological polar surface area (TPSA) is 79.5 Å². The first kappa shape index (κ1) is 12.5. The summed E-state index contributed by atoms with van der Waals surface area (Å²) in [5.74, 6) is -0.410. The lowest BCUT2D eigenvalue weighted by atomic mass is 10.2. The van der Waals surface area contributed by atoms with Gasteiger partial charge >= 0.3 is 0 Å². The van der Waals surface area contributed by atoms with Crippen LogP contribution in [0.25, 0.3) is 10.2 Å². The molecule has 1 fully saturated rings. The molecule has 1 saturated heterocycles. The van der Waals surface area contributed by atoms with Crippen molar-refractivity contribution in [1.82, 2.24) is 9.88 Å². The highest BCUT2D eigenvalue weighted by atomic mass is 32.1. The Morgan fingerprint density at radius 3 is 3.11 bits per heavy atom. The van der Waals surface area contributed by atoms with Crippen LogP contribution in [0, 0.1) is 0 Å². The van der Waals surface area contributed by atoms with Crippen molar-refractivity contribution < 1.29 is 9.90 Å². The Kier molecular flexibility index (Phi) is 3.22. The van der Waals surface area contributed by atoms with Gasteiger partial charge in [-0.05, 0) is 18.6 Å². The fourth-order valence-corrected chi connectivity index (χ4v) is 3.25. The molecule has 19 heavy (non-hydrogen) atoms. The van der Waals surface area contributed by atoms with Crippen LogP contribution in [-0.4, -0.2) is 40.1 Å². The molecular formula is C13H15N3O2S. The molecule has 3 rings (SSSR count). The summed E-state index contributed by atoms with van der Waals surface area (Å²) in [7, 11) is 0. The van der Waals surface area contributed by atoms with E-state index in [0.29, 0.717) is 11.4 Å². The Bertz CT molecular complexity index is 625. The minimum absolute atomic E-state index is 0.216. The van der Waals surface area contributed by atoms with Crippen LogP contribution in [0.3, 0.4) is 0 Å². The highest BCUT2D eigenvalue weighted by molar-refractivity contribution is 7.20. The lowest BCUT2D eigenvalue weighted by molar-refractivity contribution is 0.100. The summed E-state index contributed by atoms with van der Waals surface area (Å²) >= 11 is 1.32. The summed E-state index contributed by atoms with van der Waals surface area (Å²) < 4.78 is 0. The van der Waals surface area contributed by atoms with E-state index >= 15 is 0 Å². The maximum Gasteiger partial charge on any atom is 0.258 e. The van der Waals surface area contributed by atoms with Gasteiger partial charge in [0.15, 0.2) is 0 Å². The molecule has 1 unspecified atom stereocenters. The summed E-state index contributed by atoms with van der Waals surface area (Å²) in [6.45, 7) is 2.34. The Morgan fingerprint density at radius 2 is 2.42 bits per heavy atom.